The smallest absolute Gasteiger partial charge is 0.0616 e. The second-order valence-electron chi connectivity index (χ2n) is 11.4. The molecule has 0 heterocycles. The van der Waals surface area contributed by atoms with Gasteiger partial charge in [-0.3, -0.25) is 0 Å². The Bertz CT molecular complexity index is 683. The summed E-state index contributed by atoms with van der Waals surface area (Å²) in [6.07, 6.45) is 13.8. The maximum Gasteiger partial charge on any atom is 0.0616 e. The van der Waals surface area contributed by atoms with Gasteiger partial charge in [0.1, 0.15) is 0 Å². The van der Waals surface area contributed by atoms with Crippen molar-refractivity contribution in [1.29, 1.82) is 0 Å². The number of aliphatic hydroxyl groups is 3. The summed E-state index contributed by atoms with van der Waals surface area (Å²) in [5.41, 5.74) is 3.49. The third-order valence-corrected chi connectivity index (χ3v) is 8.29. The highest BCUT2D eigenvalue weighted by Crippen LogP contribution is 2.60. The lowest BCUT2D eigenvalue weighted by Gasteiger charge is -2.44. The highest BCUT2D eigenvalue weighted by molar-refractivity contribution is 5.36. The average molecular weight is 417 g/mol. The number of hydrogen-bond donors (Lipinski definition) is 3. The van der Waals surface area contributed by atoms with E-state index in [1.165, 1.54) is 43.3 Å². The van der Waals surface area contributed by atoms with E-state index in [1.54, 1.807) is 19.4 Å². The monoisotopic (exact) mass is 416 g/mol. The van der Waals surface area contributed by atoms with E-state index in [2.05, 4.69) is 32.6 Å². The van der Waals surface area contributed by atoms with Gasteiger partial charge in [0.25, 0.3) is 0 Å². The van der Waals surface area contributed by atoms with Crippen LogP contribution in [-0.4, -0.2) is 33.1 Å². The zero-order valence-corrected chi connectivity index (χ0v) is 19.7. The molecule has 1 unspecified atom stereocenters. The molecule has 0 aliphatic heterocycles. The SMILES string of the molecule is C=C1CC[C@@H](O)C/C1=C/C=C1\CCC[C@]2(C)[C@@H]([C@H](C)CC(O)CC(C)(C)O)CC[C@@H]12. The highest BCUT2D eigenvalue weighted by Gasteiger charge is 2.50. The average Bonchev–Trinajstić information content (AvgIpc) is 2.98. The molecule has 3 aliphatic carbocycles. The summed E-state index contributed by atoms with van der Waals surface area (Å²) in [5.74, 6) is 1.72. The van der Waals surface area contributed by atoms with E-state index in [9.17, 15) is 15.3 Å². The summed E-state index contributed by atoms with van der Waals surface area (Å²) >= 11 is 0. The number of rotatable bonds is 6. The lowest BCUT2D eigenvalue weighted by Crippen LogP contribution is -2.37. The first-order valence-corrected chi connectivity index (χ1v) is 12.2. The predicted octanol–water partition coefficient (Wildman–Crippen LogP) is 5.70. The van der Waals surface area contributed by atoms with Gasteiger partial charge in [0.05, 0.1) is 17.8 Å². The molecule has 0 aromatic heterocycles. The second kappa shape index (κ2) is 9.30. The van der Waals surface area contributed by atoms with Gasteiger partial charge in [-0.05, 0) is 100 Å². The van der Waals surface area contributed by atoms with E-state index in [1.807, 2.05) is 0 Å². The van der Waals surface area contributed by atoms with Gasteiger partial charge < -0.3 is 15.3 Å². The standard InChI is InChI=1S/C27H44O3/c1-18-8-11-22(28)16-21(18)10-9-20-7-6-14-27(5)24(12-13-25(20)27)19(2)15-23(29)17-26(3,4)30/h9-10,19,22-25,28-30H,1,6-8,11-17H2,2-5H3/b20-9+,21-10-/t19-,22-,23?,24-,25+,27-/m1/s1. The minimum absolute atomic E-state index is 0.219. The molecule has 3 fully saturated rings. The van der Waals surface area contributed by atoms with Crippen molar-refractivity contribution >= 4 is 0 Å². The van der Waals surface area contributed by atoms with Crippen LogP contribution in [0.15, 0.2) is 35.5 Å². The van der Waals surface area contributed by atoms with E-state index in [0.717, 1.165) is 25.7 Å². The number of aliphatic hydroxyl groups excluding tert-OH is 2. The molecule has 3 heteroatoms. The van der Waals surface area contributed by atoms with Gasteiger partial charge in [-0.25, -0.2) is 0 Å². The Morgan fingerprint density at radius 2 is 1.93 bits per heavy atom. The Morgan fingerprint density at radius 1 is 1.20 bits per heavy atom. The Morgan fingerprint density at radius 3 is 2.63 bits per heavy atom. The quantitative estimate of drug-likeness (QED) is 0.520. The molecular formula is C27H44O3. The normalized spacial score (nSPS) is 37.4. The van der Waals surface area contributed by atoms with Gasteiger partial charge in [0.2, 0.25) is 0 Å². The van der Waals surface area contributed by atoms with E-state index < -0.39 is 11.7 Å². The van der Waals surface area contributed by atoms with Crippen LogP contribution in [0.3, 0.4) is 0 Å². The molecule has 3 nitrogen and oxygen atoms in total. The largest absolute Gasteiger partial charge is 0.393 e. The summed E-state index contributed by atoms with van der Waals surface area (Å²) in [5, 5.41) is 30.6. The first-order valence-electron chi connectivity index (χ1n) is 12.2. The van der Waals surface area contributed by atoms with Crippen LogP contribution >= 0.6 is 0 Å². The molecule has 0 amide bonds. The molecule has 0 radical (unpaired) electrons. The van der Waals surface area contributed by atoms with Crippen molar-refractivity contribution in [3.63, 3.8) is 0 Å². The van der Waals surface area contributed by atoms with Gasteiger partial charge in [0.15, 0.2) is 0 Å². The van der Waals surface area contributed by atoms with Crippen molar-refractivity contribution in [1.82, 2.24) is 0 Å². The van der Waals surface area contributed by atoms with Crippen molar-refractivity contribution in [2.24, 2.45) is 23.2 Å². The first kappa shape index (κ1) is 23.8. The molecule has 3 N–H and O–H groups in total. The number of fused-ring (bicyclic) bond motifs is 1. The molecule has 3 rings (SSSR count). The summed E-state index contributed by atoms with van der Waals surface area (Å²) < 4.78 is 0. The fourth-order valence-electron chi connectivity index (χ4n) is 6.86. The summed E-state index contributed by atoms with van der Waals surface area (Å²) in [6.45, 7) is 12.6. The number of hydrogen-bond acceptors (Lipinski definition) is 3. The van der Waals surface area contributed by atoms with E-state index in [-0.39, 0.29) is 6.10 Å². The fourth-order valence-corrected chi connectivity index (χ4v) is 6.86. The summed E-state index contributed by atoms with van der Waals surface area (Å²) in [4.78, 5) is 0. The maximum atomic E-state index is 10.5. The molecule has 0 saturated heterocycles. The maximum absolute atomic E-state index is 10.5. The van der Waals surface area contributed by atoms with Gasteiger partial charge in [-0.15, -0.1) is 0 Å². The third-order valence-electron chi connectivity index (χ3n) is 8.29. The predicted molar refractivity (Wildman–Crippen MR) is 124 cm³/mol. The van der Waals surface area contributed by atoms with Crippen molar-refractivity contribution in [3.05, 3.63) is 35.5 Å². The van der Waals surface area contributed by atoms with E-state index >= 15 is 0 Å². The van der Waals surface area contributed by atoms with Crippen LogP contribution in [0.1, 0.15) is 91.9 Å². The molecule has 170 valence electrons. The van der Waals surface area contributed by atoms with Crippen molar-refractivity contribution in [2.45, 2.75) is 110 Å². The zero-order valence-electron chi connectivity index (χ0n) is 19.7. The molecule has 0 aromatic carbocycles. The Kier molecular flexibility index (Phi) is 7.37. The van der Waals surface area contributed by atoms with Crippen LogP contribution < -0.4 is 0 Å². The van der Waals surface area contributed by atoms with E-state index in [4.69, 9.17) is 0 Å². The fraction of sp³-hybridized carbons (Fsp3) is 0.778. The van der Waals surface area contributed by atoms with Crippen molar-refractivity contribution in [2.75, 3.05) is 0 Å². The zero-order chi connectivity index (χ0) is 22.1. The van der Waals surface area contributed by atoms with Gasteiger partial charge in [0, 0.05) is 6.42 Å². The van der Waals surface area contributed by atoms with E-state index in [0.29, 0.717) is 29.6 Å². The molecule has 3 aliphatic rings. The Labute approximate surface area is 184 Å². The lowest BCUT2D eigenvalue weighted by atomic mass is 9.60. The summed E-state index contributed by atoms with van der Waals surface area (Å²) in [6, 6.07) is 0. The second-order valence-corrected chi connectivity index (χ2v) is 11.4. The Hall–Kier alpha value is -0.900. The topological polar surface area (TPSA) is 60.7 Å². The van der Waals surface area contributed by atoms with Gasteiger partial charge >= 0.3 is 0 Å². The minimum atomic E-state index is -0.813. The van der Waals surface area contributed by atoms with Crippen molar-refractivity contribution in [3.8, 4) is 0 Å². The van der Waals surface area contributed by atoms with Crippen molar-refractivity contribution < 1.29 is 15.3 Å². The third kappa shape index (κ3) is 5.47. The Balaban J connectivity index is 1.71. The molecular weight excluding hydrogens is 372 g/mol. The van der Waals surface area contributed by atoms with Crippen LogP contribution in [0.4, 0.5) is 0 Å². The highest BCUT2D eigenvalue weighted by atomic mass is 16.3. The van der Waals surface area contributed by atoms with Gasteiger partial charge in [-0.1, -0.05) is 43.7 Å². The molecule has 0 aromatic rings. The molecule has 3 saturated carbocycles. The molecule has 30 heavy (non-hydrogen) atoms. The lowest BCUT2D eigenvalue weighted by molar-refractivity contribution is 0.000134. The van der Waals surface area contributed by atoms with Crippen LogP contribution in [-0.2, 0) is 0 Å². The minimum Gasteiger partial charge on any atom is -0.393 e. The van der Waals surface area contributed by atoms with Crippen LogP contribution in [0, 0.1) is 23.2 Å². The molecule has 0 bridgehead atoms. The van der Waals surface area contributed by atoms with Crippen LogP contribution in [0.2, 0.25) is 0 Å². The molecule has 0 spiro atoms. The van der Waals surface area contributed by atoms with Crippen LogP contribution in [0.25, 0.3) is 0 Å². The number of allylic oxidation sites excluding steroid dienone is 4. The summed E-state index contributed by atoms with van der Waals surface area (Å²) in [7, 11) is 0. The van der Waals surface area contributed by atoms with Gasteiger partial charge in [-0.2, -0.15) is 0 Å². The first-order chi connectivity index (χ1) is 14.0. The molecule has 6 atom stereocenters. The van der Waals surface area contributed by atoms with Crippen LogP contribution in [0.5, 0.6) is 0 Å².